The third-order valence-electron chi connectivity index (χ3n) is 6.23. The number of hydrogen-bond donors (Lipinski definition) is 0. The second kappa shape index (κ2) is 7.91. The van der Waals surface area contributed by atoms with Crippen molar-refractivity contribution in [3.63, 3.8) is 0 Å². The largest absolute Gasteiger partial charge is 0.497 e. The van der Waals surface area contributed by atoms with E-state index in [2.05, 4.69) is 23.0 Å². The van der Waals surface area contributed by atoms with Crippen molar-refractivity contribution in [1.82, 2.24) is 19.7 Å². The fourth-order valence-corrected chi connectivity index (χ4v) is 4.59. The molecule has 0 N–H and O–H groups in total. The highest BCUT2D eigenvalue weighted by Gasteiger charge is 2.34. The number of carbonyl (C=O) groups excluding carboxylic acids is 2. The molecule has 5 rings (SSSR count). The Labute approximate surface area is 192 Å². The van der Waals surface area contributed by atoms with Crippen molar-refractivity contribution >= 4 is 29.3 Å². The minimum atomic E-state index is -0.329. The summed E-state index contributed by atoms with van der Waals surface area (Å²) in [5, 5.41) is 4.68. The van der Waals surface area contributed by atoms with Crippen LogP contribution in [0.25, 0.3) is 5.69 Å². The average molecular weight is 447 g/mol. The van der Waals surface area contributed by atoms with Crippen LogP contribution in [-0.4, -0.2) is 58.3 Å². The lowest BCUT2D eigenvalue weighted by atomic mass is 10.1. The van der Waals surface area contributed by atoms with Crippen LogP contribution < -0.4 is 14.5 Å². The van der Waals surface area contributed by atoms with Gasteiger partial charge in [0.15, 0.2) is 5.82 Å². The van der Waals surface area contributed by atoms with Gasteiger partial charge in [-0.2, -0.15) is 0 Å². The molecule has 170 valence electrons. The van der Waals surface area contributed by atoms with Crippen LogP contribution in [0.4, 0.5) is 22.1 Å². The van der Waals surface area contributed by atoms with E-state index >= 15 is 0 Å². The molecule has 0 saturated carbocycles. The minimum Gasteiger partial charge on any atom is -0.497 e. The van der Waals surface area contributed by atoms with E-state index in [-0.39, 0.29) is 11.9 Å². The van der Waals surface area contributed by atoms with Crippen molar-refractivity contribution in [3.8, 4) is 11.4 Å². The number of imide groups is 1. The first-order chi connectivity index (χ1) is 15.9. The molecule has 2 aromatic heterocycles. The molecule has 0 atom stereocenters. The number of benzene rings is 1. The highest BCUT2D eigenvalue weighted by Crippen LogP contribution is 2.39. The van der Waals surface area contributed by atoms with Gasteiger partial charge in [0.25, 0.3) is 0 Å². The highest BCUT2D eigenvalue weighted by atomic mass is 16.5. The first kappa shape index (κ1) is 21.0. The molecular weight excluding hydrogens is 420 g/mol. The van der Waals surface area contributed by atoms with Gasteiger partial charge in [-0.25, -0.2) is 14.5 Å². The summed E-state index contributed by atoms with van der Waals surface area (Å²) >= 11 is 0. The maximum absolute atomic E-state index is 12.6. The fraction of sp³-hybridized carbons (Fsp3) is 0.333. The third-order valence-corrected chi connectivity index (χ3v) is 6.23. The van der Waals surface area contributed by atoms with Gasteiger partial charge >= 0.3 is 6.03 Å². The molecule has 0 bridgehead atoms. The summed E-state index contributed by atoms with van der Waals surface area (Å²) in [6, 6.07) is 9.57. The summed E-state index contributed by atoms with van der Waals surface area (Å²) in [5.41, 5.74) is 5.18. The van der Waals surface area contributed by atoms with Crippen molar-refractivity contribution in [2.45, 2.75) is 27.2 Å². The van der Waals surface area contributed by atoms with Gasteiger partial charge in [0.1, 0.15) is 11.6 Å². The molecule has 1 aromatic carbocycles. The normalized spacial score (nSPS) is 15.4. The number of urea groups is 1. The van der Waals surface area contributed by atoms with E-state index in [1.807, 2.05) is 37.4 Å². The van der Waals surface area contributed by atoms with Crippen molar-refractivity contribution in [2.24, 2.45) is 0 Å². The predicted molar refractivity (Wildman–Crippen MR) is 125 cm³/mol. The average Bonchev–Trinajstić information content (AvgIpc) is 3.51. The van der Waals surface area contributed by atoms with Crippen molar-refractivity contribution in [2.75, 3.05) is 36.5 Å². The zero-order chi connectivity index (χ0) is 23.3. The summed E-state index contributed by atoms with van der Waals surface area (Å²) in [4.78, 5) is 34.1. The molecule has 2 aliphatic rings. The van der Waals surface area contributed by atoms with Crippen LogP contribution in [-0.2, 0) is 11.2 Å². The fourth-order valence-electron chi connectivity index (χ4n) is 4.59. The van der Waals surface area contributed by atoms with Crippen LogP contribution in [0.5, 0.6) is 5.75 Å². The molecule has 0 radical (unpaired) electrons. The number of nitrogens with zero attached hydrogens (tertiary/aromatic N) is 6. The molecule has 0 unspecified atom stereocenters. The molecule has 9 heteroatoms. The van der Waals surface area contributed by atoms with Gasteiger partial charge in [0.05, 0.1) is 12.8 Å². The quantitative estimate of drug-likeness (QED) is 0.611. The number of amides is 3. The smallest absolute Gasteiger partial charge is 0.332 e. The molecule has 2 aliphatic heterocycles. The number of methoxy groups -OCH3 is 1. The molecule has 1 saturated heterocycles. The topological polar surface area (TPSA) is 83.8 Å². The Morgan fingerprint density at radius 3 is 2.55 bits per heavy atom. The van der Waals surface area contributed by atoms with Gasteiger partial charge in [-0.15, -0.1) is 5.10 Å². The van der Waals surface area contributed by atoms with Gasteiger partial charge in [-0.05, 0) is 50.1 Å². The molecule has 9 nitrogen and oxygen atoms in total. The number of pyridine rings is 1. The first-order valence-corrected chi connectivity index (χ1v) is 11.0. The van der Waals surface area contributed by atoms with Crippen LogP contribution in [0.3, 0.4) is 0 Å². The van der Waals surface area contributed by atoms with Gasteiger partial charge in [-0.1, -0.05) is 0 Å². The lowest BCUT2D eigenvalue weighted by Crippen LogP contribution is -2.35. The maximum atomic E-state index is 12.6. The van der Waals surface area contributed by atoms with Gasteiger partial charge in [0.2, 0.25) is 5.91 Å². The number of rotatable bonds is 4. The van der Waals surface area contributed by atoms with Gasteiger partial charge < -0.3 is 9.64 Å². The van der Waals surface area contributed by atoms with Crippen LogP contribution in [0.2, 0.25) is 0 Å². The Balaban J connectivity index is 1.49. The minimum absolute atomic E-state index is 0.251. The summed E-state index contributed by atoms with van der Waals surface area (Å²) in [7, 11) is 1.67. The number of carbonyl (C=O) groups is 2. The molecule has 1 fully saturated rings. The Kier molecular flexibility index (Phi) is 5.03. The lowest BCUT2D eigenvalue weighted by Gasteiger charge is -2.22. The molecule has 3 amide bonds. The Morgan fingerprint density at radius 2 is 1.85 bits per heavy atom. The van der Waals surface area contributed by atoms with E-state index in [4.69, 9.17) is 9.72 Å². The second-order valence-corrected chi connectivity index (χ2v) is 8.36. The number of fused-ring (bicyclic) bond motifs is 1. The van der Waals surface area contributed by atoms with Crippen LogP contribution >= 0.6 is 0 Å². The second-order valence-electron chi connectivity index (χ2n) is 8.36. The summed E-state index contributed by atoms with van der Waals surface area (Å²) < 4.78 is 7.16. The van der Waals surface area contributed by atoms with E-state index in [1.54, 1.807) is 16.7 Å². The highest BCUT2D eigenvalue weighted by molar-refractivity contribution is 6.03. The summed E-state index contributed by atoms with van der Waals surface area (Å²) in [6.07, 6.45) is 2.69. The number of aromatic nitrogens is 3. The van der Waals surface area contributed by atoms with Crippen molar-refractivity contribution < 1.29 is 14.3 Å². The van der Waals surface area contributed by atoms with E-state index in [0.717, 1.165) is 52.7 Å². The molecule has 4 heterocycles. The molecule has 3 aromatic rings. The maximum Gasteiger partial charge on any atom is 0.332 e. The standard InChI is InChI=1S/C24H26N6O3/c1-15-13-18(33-4)5-6-20(15)28-9-7-19-21(14-16(2)25-23(19)28)30-10-8-22(26-30)29-12-11-27(17(3)31)24(29)32/h5-6,8,10,13-14H,7,9,11-12H2,1-4H3. The zero-order valence-corrected chi connectivity index (χ0v) is 19.2. The first-order valence-electron chi connectivity index (χ1n) is 11.0. The number of hydrogen-bond acceptors (Lipinski definition) is 6. The number of ether oxygens (including phenoxy) is 1. The molecule has 0 aliphatic carbocycles. The monoisotopic (exact) mass is 446 g/mol. The van der Waals surface area contributed by atoms with E-state index in [0.29, 0.717) is 18.9 Å². The van der Waals surface area contributed by atoms with Crippen molar-refractivity contribution in [1.29, 1.82) is 0 Å². The third kappa shape index (κ3) is 3.49. The molecule has 33 heavy (non-hydrogen) atoms. The van der Waals surface area contributed by atoms with Gasteiger partial charge in [0, 0.05) is 55.8 Å². The van der Waals surface area contributed by atoms with Crippen LogP contribution in [0, 0.1) is 13.8 Å². The number of anilines is 3. The molecular formula is C24H26N6O3. The summed E-state index contributed by atoms with van der Waals surface area (Å²) in [6.45, 7) is 7.08. The van der Waals surface area contributed by atoms with E-state index in [9.17, 15) is 9.59 Å². The Morgan fingerprint density at radius 1 is 1.03 bits per heavy atom. The Hall–Kier alpha value is -3.88. The van der Waals surface area contributed by atoms with Gasteiger partial charge in [-0.3, -0.25) is 14.6 Å². The van der Waals surface area contributed by atoms with Crippen LogP contribution in [0.15, 0.2) is 36.5 Å². The van der Waals surface area contributed by atoms with E-state index < -0.39 is 0 Å². The van der Waals surface area contributed by atoms with Crippen LogP contribution in [0.1, 0.15) is 23.7 Å². The SMILES string of the molecule is COc1ccc(N2CCc3c(-n4ccc(N5CCN(C(C)=O)C5=O)n4)cc(C)nc32)c(C)c1. The lowest BCUT2D eigenvalue weighted by molar-refractivity contribution is -0.125. The molecule has 0 spiro atoms. The zero-order valence-electron chi connectivity index (χ0n) is 19.2. The van der Waals surface area contributed by atoms with E-state index in [1.165, 1.54) is 11.8 Å². The summed E-state index contributed by atoms with van der Waals surface area (Å²) in [5.74, 6) is 2.04. The van der Waals surface area contributed by atoms with Crippen molar-refractivity contribution in [3.05, 3.63) is 53.3 Å². The number of aryl methyl sites for hydroxylation is 2. The predicted octanol–water partition coefficient (Wildman–Crippen LogP) is 3.38. The Bertz CT molecular complexity index is 1270.